The lowest BCUT2D eigenvalue weighted by molar-refractivity contribution is 0.106. The van der Waals surface area contributed by atoms with Crippen LogP contribution in [0.25, 0.3) is 0 Å². The smallest absolute Gasteiger partial charge is 0.194 e. The summed E-state index contributed by atoms with van der Waals surface area (Å²) < 4.78 is 5.69. The standard InChI is InChI=1S/C18H29N5O.HI/c1-2-19-18(21-10-8-16-6-5-15-24-16)23-13-11-22(12-14-23)17-7-3-4-9-20-17;/h3-4,7,9,16H,2,5-6,8,10-15H2,1H3,(H,19,21);1H. The number of aliphatic imine (C=N–C) groups is 1. The summed E-state index contributed by atoms with van der Waals surface area (Å²) in [6.45, 7) is 8.70. The summed E-state index contributed by atoms with van der Waals surface area (Å²) in [4.78, 5) is 14.0. The topological polar surface area (TPSA) is 53.0 Å². The molecule has 0 amide bonds. The number of hydrogen-bond donors (Lipinski definition) is 1. The number of anilines is 1. The maximum Gasteiger partial charge on any atom is 0.194 e. The van der Waals surface area contributed by atoms with Gasteiger partial charge in [0.15, 0.2) is 5.96 Å². The summed E-state index contributed by atoms with van der Waals surface area (Å²) in [5.74, 6) is 2.11. The van der Waals surface area contributed by atoms with Gasteiger partial charge in [-0.3, -0.25) is 4.99 Å². The molecule has 25 heavy (non-hydrogen) atoms. The van der Waals surface area contributed by atoms with E-state index in [-0.39, 0.29) is 24.0 Å². The maximum atomic E-state index is 5.69. The fourth-order valence-electron chi connectivity index (χ4n) is 3.30. The third-order valence-corrected chi connectivity index (χ3v) is 4.62. The van der Waals surface area contributed by atoms with Crippen molar-refractivity contribution in [2.45, 2.75) is 32.3 Å². The quantitative estimate of drug-likeness (QED) is 0.417. The van der Waals surface area contributed by atoms with Crippen molar-refractivity contribution in [3.63, 3.8) is 0 Å². The molecule has 2 aliphatic heterocycles. The van der Waals surface area contributed by atoms with E-state index in [2.05, 4.69) is 33.1 Å². The van der Waals surface area contributed by atoms with Crippen LogP contribution in [0.3, 0.4) is 0 Å². The average Bonchev–Trinajstić information content (AvgIpc) is 3.15. The van der Waals surface area contributed by atoms with Crippen LogP contribution in [-0.2, 0) is 4.74 Å². The Hall–Kier alpha value is -1.09. The van der Waals surface area contributed by atoms with Crippen LogP contribution >= 0.6 is 24.0 Å². The molecule has 1 atom stereocenters. The Morgan fingerprint density at radius 1 is 1.32 bits per heavy atom. The third-order valence-electron chi connectivity index (χ3n) is 4.62. The normalized spacial score (nSPS) is 21.2. The highest BCUT2D eigenvalue weighted by Crippen LogP contribution is 2.15. The van der Waals surface area contributed by atoms with E-state index in [1.54, 1.807) is 0 Å². The molecule has 2 saturated heterocycles. The molecule has 2 aliphatic rings. The second-order valence-corrected chi connectivity index (χ2v) is 6.32. The van der Waals surface area contributed by atoms with E-state index in [0.29, 0.717) is 6.10 Å². The van der Waals surface area contributed by atoms with Gasteiger partial charge in [0, 0.05) is 52.1 Å². The molecule has 0 radical (unpaired) electrons. The van der Waals surface area contributed by atoms with Crippen LogP contribution in [0.5, 0.6) is 0 Å². The molecule has 3 heterocycles. The Bertz CT molecular complexity index is 513. The zero-order valence-corrected chi connectivity index (χ0v) is 17.4. The summed E-state index contributed by atoms with van der Waals surface area (Å²) in [6, 6.07) is 6.09. The van der Waals surface area contributed by atoms with Gasteiger partial charge in [-0.2, -0.15) is 0 Å². The monoisotopic (exact) mass is 459 g/mol. The van der Waals surface area contributed by atoms with Crippen LogP contribution in [-0.4, -0.2) is 67.8 Å². The molecule has 1 N–H and O–H groups in total. The van der Waals surface area contributed by atoms with Gasteiger partial charge >= 0.3 is 0 Å². The van der Waals surface area contributed by atoms with E-state index < -0.39 is 0 Å². The van der Waals surface area contributed by atoms with Crippen LogP contribution in [0.2, 0.25) is 0 Å². The highest BCUT2D eigenvalue weighted by molar-refractivity contribution is 14.0. The Labute approximate surface area is 168 Å². The maximum absolute atomic E-state index is 5.69. The van der Waals surface area contributed by atoms with Gasteiger partial charge in [-0.05, 0) is 38.3 Å². The molecule has 0 bridgehead atoms. The number of piperazine rings is 1. The molecule has 7 heteroatoms. The minimum atomic E-state index is 0. The minimum absolute atomic E-state index is 0. The molecule has 1 unspecified atom stereocenters. The Morgan fingerprint density at radius 3 is 2.80 bits per heavy atom. The van der Waals surface area contributed by atoms with Crippen LogP contribution < -0.4 is 10.2 Å². The summed E-state index contributed by atoms with van der Waals surface area (Å²) in [5.41, 5.74) is 0. The van der Waals surface area contributed by atoms with Gasteiger partial charge in [-0.15, -0.1) is 24.0 Å². The molecule has 0 aliphatic carbocycles. The van der Waals surface area contributed by atoms with Crippen molar-refractivity contribution < 1.29 is 4.74 Å². The SMILES string of the molecule is CCNC(=NCCC1CCCO1)N1CCN(c2ccccn2)CC1.I. The summed E-state index contributed by atoms with van der Waals surface area (Å²) in [5, 5.41) is 3.43. The van der Waals surface area contributed by atoms with E-state index >= 15 is 0 Å². The van der Waals surface area contributed by atoms with Gasteiger partial charge in [-0.25, -0.2) is 4.98 Å². The summed E-state index contributed by atoms with van der Waals surface area (Å²) >= 11 is 0. The first-order valence-electron chi connectivity index (χ1n) is 9.17. The first kappa shape index (κ1) is 20.2. The van der Waals surface area contributed by atoms with E-state index in [1.807, 2.05) is 18.3 Å². The molecule has 1 aromatic heterocycles. The number of pyridine rings is 1. The summed E-state index contributed by atoms with van der Waals surface area (Å²) in [7, 11) is 0. The van der Waals surface area contributed by atoms with Gasteiger partial charge in [0.05, 0.1) is 6.10 Å². The van der Waals surface area contributed by atoms with Gasteiger partial charge in [0.1, 0.15) is 5.82 Å². The molecule has 0 saturated carbocycles. The third kappa shape index (κ3) is 5.99. The van der Waals surface area contributed by atoms with E-state index in [4.69, 9.17) is 9.73 Å². The number of rotatable bonds is 5. The van der Waals surface area contributed by atoms with Crippen LogP contribution in [0, 0.1) is 0 Å². The fourth-order valence-corrected chi connectivity index (χ4v) is 3.30. The minimum Gasteiger partial charge on any atom is -0.378 e. The average molecular weight is 459 g/mol. The number of aromatic nitrogens is 1. The van der Waals surface area contributed by atoms with E-state index in [9.17, 15) is 0 Å². The lowest BCUT2D eigenvalue weighted by Gasteiger charge is -2.37. The van der Waals surface area contributed by atoms with Gasteiger partial charge in [0.2, 0.25) is 0 Å². The zero-order valence-electron chi connectivity index (χ0n) is 15.1. The Kier molecular flexibility index (Phi) is 8.74. The van der Waals surface area contributed by atoms with Crippen molar-refractivity contribution in [3.05, 3.63) is 24.4 Å². The highest BCUT2D eigenvalue weighted by Gasteiger charge is 2.20. The zero-order chi connectivity index (χ0) is 16.6. The first-order valence-corrected chi connectivity index (χ1v) is 9.17. The van der Waals surface area contributed by atoms with Crippen LogP contribution in [0.4, 0.5) is 5.82 Å². The first-order chi connectivity index (χ1) is 11.9. The largest absolute Gasteiger partial charge is 0.378 e. The molecule has 140 valence electrons. The molecular weight excluding hydrogens is 429 g/mol. The molecule has 3 rings (SSSR count). The predicted molar refractivity (Wildman–Crippen MR) is 113 cm³/mol. The predicted octanol–water partition coefficient (Wildman–Crippen LogP) is 2.36. The van der Waals surface area contributed by atoms with E-state index in [0.717, 1.165) is 64.1 Å². The number of nitrogens with zero attached hydrogens (tertiary/aromatic N) is 4. The molecule has 0 spiro atoms. The molecule has 0 aromatic carbocycles. The lowest BCUT2D eigenvalue weighted by Crippen LogP contribution is -2.52. The lowest BCUT2D eigenvalue weighted by atomic mass is 10.2. The molecular formula is C18H30IN5O. The van der Waals surface area contributed by atoms with Crippen molar-refractivity contribution in [2.75, 3.05) is 50.8 Å². The van der Waals surface area contributed by atoms with Crippen molar-refractivity contribution >= 4 is 35.8 Å². The van der Waals surface area contributed by atoms with Gasteiger partial charge < -0.3 is 19.9 Å². The van der Waals surface area contributed by atoms with Crippen molar-refractivity contribution in [2.24, 2.45) is 4.99 Å². The second-order valence-electron chi connectivity index (χ2n) is 6.32. The molecule has 1 aromatic rings. The molecule has 6 nitrogen and oxygen atoms in total. The Morgan fingerprint density at radius 2 is 2.16 bits per heavy atom. The Balaban J connectivity index is 0.00000225. The number of halogens is 1. The van der Waals surface area contributed by atoms with Crippen LogP contribution in [0.15, 0.2) is 29.4 Å². The van der Waals surface area contributed by atoms with Gasteiger partial charge in [-0.1, -0.05) is 6.07 Å². The van der Waals surface area contributed by atoms with Crippen molar-refractivity contribution in [3.8, 4) is 0 Å². The second kappa shape index (κ2) is 10.8. The van der Waals surface area contributed by atoms with Crippen LogP contribution in [0.1, 0.15) is 26.2 Å². The fraction of sp³-hybridized carbons (Fsp3) is 0.667. The van der Waals surface area contributed by atoms with Crippen molar-refractivity contribution in [1.82, 2.24) is 15.2 Å². The van der Waals surface area contributed by atoms with Gasteiger partial charge in [0.25, 0.3) is 0 Å². The number of guanidine groups is 1. The highest BCUT2D eigenvalue weighted by atomic mass is 127. The number of ether oxygens (including phenoxy) is 1. The number of nitrogens with one attached hydrogen (secondary N) is 1. The number of hydrogen-bond acceptors (Lipinski definition) is 4. The van der Waals surface area contributed by atoms with Crippen molar-refractivity contribution in [1.29, 1.82) is 0 Å². The molecule has 2 fully saturated rings. The van der Waals surface area contributed by atoms with E-state index in [1.165, 1.54) is 12.8 Å². The summed E-state index contributed by atoms with van der Waals surface area (Å²) in [6.07, 6.45) is 5.69.